The predicted octanol–water partition coefficient (Wildman–Crippen LogP) is 4.96. The summed E-state index contributed by atoms with van der Waals surface area (Å²) >= 11 is 0. The lowest BCUT2D eigenvalue weighted by atomic mass is 9.82. The van der Waals surface area contributed by atoms with E-state index in [1.807, 2.05) is 6.07 Å². The van der Waals surface area contributed by atoms with E-state index in [2.05, 4.69) is 78.2 Å². The minimum Gasteiger partial charge on any atom is -0.267 e. The largest absolute Gasteiger partial charge is 0.269 e. The maximum absolute atomic E-state index is 12.1. The zero-order chi connectivity index (χ0) is 21.5. The fraction of sp³-hybridized carbons (Fsp3) is 0.400. The van der Waals surface area contributed by atoms with Crippen molar-refractivity contribution in [2.75, 3.05) is 0 Å². The molecule has 1 N–H and O–H groups in total. The number of carbonyl (C=O) groups is 1. The summed E-state index contributed by atoms with van der Waals surface area (Å²) in [6.45, 7) is 18.8. The Kier molecular flexibility index (Phi) is 4.25. The molecule has 1 heterocycles. The van der Waals surface area contributed by atoms with Crippen molar-refractivity contribution in [3.63, 3.8) is 0 Å². The topological polar surface area (TPSA) is 40.9 Å². The van der Waals surface area contributed by atoms with Crippen LogP contribution < -0.4 is 16.1 Å². The Morgan fingerprint density at radius 1 is 0.966 bits per heavy atom. The molecule has 151 valence electrons. The predicted molar refractivity (Wildman–Crippen MR) is 130 cm³/mol. The van der Waals surface area contributed by atoms with Crippen LogP contribution in [0.15, 0.2) is 29.8 Å². The summed E-state index contributed by atoms with van der Waals surface area (Å²) in [7, 11) is -3.30. The lowest BCUT2D eigenvalue weighted by Crippen LogP contribution is -2.86. The molecule has 0 spiro atoms. The van der Waals surface area contributed by atoms with Gasteiger partial charge in [0.25, 0.3) is 5.91 Å². The van der Waals surface area contributed by atoms with Crippen molar-refractivity contribution < 1.29 is 4.79 Å². The number of carbonyl (C=O) groups excluding carboxylic acids is 1. The van der Waals surface area contributed by atoms with Crippen molar-refractivity contribution in [2.24, 2.45) is 0 Å². The van der Waals surface area contributed by atoms with Crippen LogP contribution in [0.5, 0.6) is 0 Å². The number of amides is 1. The molecule has 0 bridgehead atoms. The highest BCUT2D eigenvalue weighted by Crippen LogP contribution is 2.40. The van der Waals surface area contributed by atoms with Gasteiger partial charge in [-0.1, -0.05) is 82.0 Å². The maximum Gasteiger partial charge on any atom is 0.269 e. The Balaban J connectivity index is 2.06. The Labute approximate surface area is 177 Å². The van der Waals surface area contributed by atoms with Crippen molar-refractivity contribution in [1.82, 2.24) is 5.73 Å². The number of hydrogen-bond donors (Lipinski definition) is 0. The maximum atomic E-state index is 12.1. The SMILES string of the molecule is CC1=Cc2cc(C(C)(C)C)cc(-c3ccc(C([NH])=O)c4c3[Si](C)(C)[Si]4(C)C)c2C1. The van der Waals surface area contributed by atoms with Crippen LogP contribution in [0.1, 0.15) is 54.7 Å². The highest BCUT2D eigenvalue weighted by molar-refractivity contribution is 7.57. The quantitative estimate of drug-likeness (QED) is 0.636. The average Bonchev–Trinajstić information content (AvgIpc) is 2.98. The highest BCUT2D eigenvalue weighted by Gasteiger charge is 2.57. The van der Waals surface area contributed by atoms with Gasteiger partial charge in [0, 0.05) is 5.56 Å². The third-order valence-corrected chi connectivity index (χ3v) is 25.3. The van der Waals surface area contributed by atoms with Crippen LogP contribution in [-0.4, -0.2) is 21.1 Å². The van der Waals surface area contributed by atoms with Crippen LogP contribution >= 0.6 is 0 Å². The fourth-order valence-electron chi connectivity index (χ4n) is 5.17. The lowest BCUT2D eigenvalue weighted by Gasteiger charge is -2.53. The Morgan fingerprint density at radius 3 is 2.17 bits per heavy atom. The van der Waals surface area contributed by atoms with Gasteiger partial charge in [0.1, 0.15) is 0 Å². The third kappa shape index (κ3) is 2.76. The van der Waals surface area contributed by atoms with E-state index in [4.69, 9.17) is 5.73 Å². The second-order valence-corrected chi connectivity index (χ2v) is 26.0. The smallest absolute Gasteiger partial charge is 0.267 e. The number of rotatable bonds is 2. The Hall–Kier alpha value is -1.92. The Morgan fingerprint density at radius 2 is 1.59 bits per heavy atom. The minimum atomic E-state index is -1.67. The van der Waals surface area contributed by atoms with E-state index in [1.165, 1.54) is 43.8 Å². The molecule has 2 nitrogen and oxygen atoms in total. The van der Waals surface area contributed by atoms with Crippen molar-refractivity contribution in [2.45, 2.75) is 65.7 Å². The first-order valence-corrected chi connectivity index (χ1v) is 17.6. The van der Waals surface area contributed by atoms with Crippen molar-refractivity contribution >= 4 is 37.5 Å². The molecule has 0 saturated heterocycles. The number of allylic oxidation sites excluding steroid dienone is 1. The molecule has 0 saturated carbocycles. The summed E-state index contributed by atoms with van der Waals surface area (Å²) in [6.07, 6.45) is 3.34. The number of nitrogens with one attached hydrogen (secondary N) is 1. The van der Waals surface area contributed by atoms with Crippen LogP contribution in [0.25, 0.3) is 17.2 Å². The zero-order valence-electron chi connectivity index (χ0n) is 19.0. The van der Waals surface area contributed by atoms with E-state index in [0.717, 1.165) is 6.42 Å². The first kappa shape index (κ1) is 20.4. The molecule has 1 amide bonds. The van der Waals surface area contributed by atoms with Crippen molar-refractivity contribution in [1.29, 1.82) is 0 Å². The van der Waals surface area contributed by atoms with Crippen LogP contribution in [0, 0.1) is 0 Å². The molecule has 1 aliphatic carbocycles. The van der Waals surface area contributed by atoms with E-state index in [-0.39, 0.29) is 5.41 Å². The first-order chi connectivity index (χ1) is 13.3. The van der Waals surface area contributed by atoms with Gasteiger partial charge < -0.3 is 0 Å². The van der Waals surface area contributed by atoms with Crippen LogP contribution in [0.3, 0.4) is 0 Å². The summed E-state index contributed by atoms with van der Waals surface area (Å²) in [4.78, 5) is 12.1. The molecule has 29 heavy (non-hydrogen) atoms. The molecule has 2 aliphatic rings. The van der Waals surface area contributed by atoms with Crippen LogP contribution in [-0.2, 0) is 11.8 Å². The van der Waals surface area contributed by atoms with Gasteiger partial charge in [-0.25, -0.2) is 0 Å². The summed E-state index contributed by atoms with van der Waals surface area (Å²) in [5, 5.41) is 2.72. The van der Waals surface area contributed by atoms with E-state index < -0.39 is 21.1 Å². The van der Waals surface area contributed by atoms with Gasteiger partial charge in [-0.05, 0) is 57.8 Å². The summed E-state index contributed by atoms with van der Waals surface area (Å²) in [5.41, 5.74) is 16.8. The molecular weight excluding hydrogens is 386 g/mol. The number of fused-ring (bicyclic) bond motifs is 2. The highest BCUT2D eigenvalue weighted by atomic mass is 29.3. The average molecular weight is 419 g/mol. The Bertz CT molecular complexity index is 1100. The molecule has 0 unspecified atom stereocenters. The molecule has 4 heteroatoms. The van der Waals surface area contributed by atoms with E-state index in [9.17, 15) is 4.79 Å². The number of hydrogen-bond acceptors (Lipinski definition) is 1. The second kappa shape index (κ2) is 6.05. The van der Waals surface area contributed by atoms with E-state index in [0.29, 0.717) is 5.56 Å². The van der Waals surface area contributed by atoms with Gasteiger partial charge >= 0.3 is 0 Å². The normalized spacial score (nSPS) is 18.6. The van der Waals surface area contributed by atoms with Crippen molar-refractivity contribution in [3.05, 3.63) is 52.1 Å². The van der Waals surface area contributed by atoms with Crippen LogP contribution in [0.2, 0.25) is 26.2 Å². The van der Waals surface area contributed by atoms with Gasteiger partial charge in [0.05, 0.1) is 15.2 Å². The number of benzene rings is 2. The van der Waals surface area contributed by atoms with Crippen molar-refractivity contribution in [3.8, 4) is 11.1 Å². The molecule has 0 fully saturated rings. The van der Waals surface area contributed by atoms with Crippen LogP contribution in [0.4, 0.5) is 0 Å². The zero-order valence-corrected chi connectivity index (χ0v) is 21.0. The van der Waals surface area contributed by atoms with Gasteiger partial charge in [-0.2, -0.15) is 0 Å². The van der Waals surface area contributed by atoms with Gasteiger partial charge in [-0.3, -0.25) is 10.5 Å². The summed E-state index contributed by atoms with van der Waals surface area (Å²) in [5.74, 6) is -0.524. The van der Waals surface area contributed by atoms with E-state index >= 15 is 0 Å². The third-order valence-electron chi connectivity index (χ3n) is 7.56. The first-order valence-electron chi connectivity index (χ1n) is 10.6. The minimum absolute atomic E-state index is 0.0826. The van der Waals surface area contributed by atoms with Gasteiger partial charge in [-0.15, -0.1) is 0 Å². The summed E-state index contributed by atoms with van der Waals surface area (Å²) in [6, 6.07) is 8.85. The fourth-order valence-corrected chi connectivity index (χ4v) is 16.0. The molecule has 1 aliphatic heterocycles. The van der Waals surface area contributed by atoms with Gasteiger partial charge in [0.2, 0.25) is 0 Å². The molecule has 0 aromatic heterocycles. The molecular formula is C25H32NOSi2. The second-order valence-electron chi connectivity index (χ2n) is 11.0. The molecule has 0 atom stereocenters. The standard InChI is InChI=1S/C25H32NOSi2/c1-15-11-16-13-17(25(2,3)4)14-21(20(16)12-15)18-9-10-19(24(26)27)23-22(18)28(5,6)29(23,7)8/h9-11,13-14,26H,12H2,1-8H3. The monoisotopic (exact) mass is 418 g/mol. The lowest BCUT2D eigenvalue weighted by molar-refractivity contribution is 0.0993. The van der Waals surface area contributed by atoms with E-state index in [1.54, 1.807) is 0 Å². The molecule has 1 radical (unpaired) electrons. The molecule has 4 rings (SSSR count). The molecule has 2 aromatic carbocycles. The molecule has 2 aromatic rings. The summed E-state index contributed by atoms with van der Waals surface area (Å²) < 4.78 is 0. The van der Waals surface area contributed by atoms with Gasteiger partial charge in [0.15, 0.2) is 0 Å².